The summed E-state index contributed by atoms with van der Waals surface area (Å²) in [5.74, 6) is -0.718. The summed E-state index contributed by atoms with van der Waals surface area (Å²) in [6, 6.07) is 0.416. The number of carboxylic acids is 1. The fraction of sp³-hybridized carbons (Fsp3) is 0.900. The number of hydrogen-bond donors (Lipinski definition) is 2. The molecule has 0 aromatic heterocycles. The van der Waals surface area contributed by atoms with Gasteiger partial charge in [-0.05, 0) is 32.4 Å². The van der Waals surface area contributed by atoms with Crippen molar-refractivity contribution >= 4 is 5.97 Å². The molecule has 0 aromatic rings. The molecule has 4 heteroatoms. The van der Waals surface area contributed by atoms with Crippen molar-refractivity contribution in [2.75, 3.05) is 26.2 Å². The Bertz CT molecular complexity index is 179. The second-order valence-corrected chi connectivity index (χ2v) is 3.86. The highest BCUT2D eigenvalue weighted by molar-refractivity contribution is 5.69. The molecule has 1 rings (SSSR count). The van der Waals surface area contributed by atoms with Gasteiger partial charge in [-0.3, -0.25) is 9.69 Å². The topological polar surface area (TPSA) is 52.6 Å². The number of carboxylic acid groups (broad SMARTS) is 1. The van der Waals surface area contributed by atoms with Crippen LogP contribution in [0.5, 0.6) is 0 Å². The Hall–Kier alpha value is -0.610. The molecule has 1 atom stereocenters. The molecule has 82 valence electrons. The smallest absolute Gasteiger partial charge is 0.317 e. The van der Waals surface area contributed by atoms with Crippen LogP contribution in [-0.2, 0) is 4.79 Å². The zero-order valence-electron chi connectivity index (χ0n) is 8.83. The predicted octanol–water partition coefficient (Wildman–Crippen LogP) is 0.535. The van der Waals surface area contributed by atoms with Gasteiger partial charge in [0.2, 0.25) is 0 Å². The minimum absolute atomic E-state index is 0.181. The largest absolute Gasteiger partial charge is 0.480 e. The number of aliphatic carboxylic acids is 1. The van der Waals surface area contributed by atoms with Crippen molar-refractivity contribution in [3.63, 3.8) is 0 Å². The SMILES string of the molecule is CCCN(CC(=O)O)C1CCCNC1. The standard InChI is InChI=1S/C10H20N2O2/c1-2-6-12(8-10(13)14)9-4-3-5-11-7-9/h9,11H,2-8H2,1H3,(H,13,14). The predicted molar refractivity (Wildman–Crippen MR) is 55.4 cm³/mol. The van der Waals surface area contributed by atoms with Gasteiger partial charge in [0.05, 0.1) is 6.54 Å². The van der Waals surface area contributed by atoms with Gasteiger partial charge in [0.25, 0.3) is 0 Å². The molecule has 1 aliphatic heterocycles. The molecule has 14 heavy (non-hydrogen) atoms. The molecule has 0 spiro atoms. The van der Waals surface area contributed by atoms with E-state index >= 15 is 0 Å². The molecular formula is C10H20N2O2. The van der Waals surface area contributed by atoms with Crippen molar-refractivity contribution in [2.45, 2.75) is 32.2 Å². The van der Waals surface area contributed by atoms with Crippen LogP contribution in [0.4, 0.5) is 0 Å². The van der Waals surface area contributed by atoms with E-state index in [2.05, 4.69) is 17.1 Å². The molecule has 1 heterocycles. The summed E-state index contributed by atoms with van der Waals surface area (Å²) in [5, 5.41) is 12.1. The Kier molecular flexibility index (Phi) is 4.90. The maximum absolute atomic E-state index is 10.7. The van der Waals surface area contributed by atoms with Gasteiger partial charge in [-0.15, -0.1) is 0 Å². The first-order valence-electron chi connectivity index (χ1n) is 5.40. The van der Waals surface area contributed by atoms with Crippen LogP contribution in [0.3, 0.4) is 0 Å². The maximum Gasteiger partial charge on any atom is 0.317 e. The summed E-state index contributed by atoms with van der Waals surface area (Å²) in [6.07, 6.45) is 3.30. The van der Waals surface area contributed by atoms with Crippen molar-refractivity contribution < 1.29 is 9.90 Å². The van der Waals surface area contributed by atoms with E-state index in [0.717, 1.165) is 38.9 Å². The fourth-order valence-corrected chi connectivity index (χ4v) is 2.00. The number of hydrogen-bond acceptors (Lipinski definition) is 3. The van der Waals surface area contributed by atoms with Gasteiger partial charge in [0.15, 0.2) is 0 Å². The Labute approximate surface area is 85.3 Å². The Morgan fingerprint density at radius 1 is 1.64 bits per heavy atom. The lowest BCUT2D eigenvalue weighted by Gasteiger charge is -2.33. The Morgan fingerprint density at radius 3 is 2.93 bits per heavy atom. The maximum atomic E-state index is 10.7. The molecule has 4 nitrogen and oxygen atoms in total. The van der Waals surface area contributed by atoms with E-state index in [1.54, 1.807) is 0 Å². The van der Waals surface area contributed by atoms with E-state index in [4.69, 9.17) is 5.11 Å². The normalized spacial score (nSPS) is 22.6. The van der Waals surface area contributed by atoms with Crippen LogP contribution in [0.25, 0.3) is 0 Å². The van der Waals surface area contributed by atoms with Crippen molar-refractivity contribution in [1.29, 1.82) is 0 Å². The minimum atomic E-state index is -0.718. The molecule has 2 N–H and O–H groups in total. The lowest BCUT2D eigenvalue weighted by atomic mass is 10.1. The zero-order chi connectivity index (χ0) is 10.4. The summed E-state index contributed by atoms with van der Waals surface area (Å²) in [5.41, 5.74) is 0. The molecule has 0 saturated carbocycles. The fourth-order valence-electron chi connectivity index (χ4n) is 2.00. The Balaban J connectivity index is 2.42. The van der Waals surface area contributed by atoms with Gasteiger partial charge in [-0.2, -0.15) is 0 Å². The molecule has 0 amide bonds. The lowest BCUT2D eigenvalue weighted by Crippen LogP contribution is -2.48. The summed E-state index contributed by atoms with van der Waals surface area (Å²) in [7, 11) is 0. The summed E-state index contributed by atoms with van der Waals surface area (Å²) < 4.78 is 0. The molecule has 0 aliphatic carbocycles. The van der Waals surface area contributed by atoms with Crippen molar-refractivity contribution in [1.82, 2.24) is 10.2 Å². The van der Waals surface area contributed by atoms with Crippen LogP contribution in [0.15, 0.2) is 0 Å². The summed E-state index contributed by atoms with van der Waals surface area (Å²) >= 11 is 0. The molecule has 0 radical (unpaired) electrons. The second kappa shape index (κ2) is 5.98. The van der Waals surface area contributed by atoms with E-state index < -0.39 is 5.97 Å². The van der Waals surface area contributed by atoms with E-state index in [-0.39, 0.29) is 6.54 Å². The number of nitrogens with zero attached hydrogens (tertiary/aromatic N) is 1. The van der Waals surface area contributed by atoms with Gasteiger partial charge in [-0.1, -0.05) is 6.92 Å². The quantitative estimate of drug-likeness (QED) is 0.680. The lowest BCUT2D eigenvalue weighted by molar-refractivity contribution is -0.139. The van der Waals surface area contributed by atoms with E-state index in [9.17, 15) is 4.79 Å². The number of carbonyl (C=O) groups is 1. The van der Waals surface area contributed by atoms with E-state index in [1.165, 1.54) is 0 Å². The molecular weight excluding hydrogens is 180 g/mol. The highest BCUT2D eigenvalue weighted by Gasteiger charge is 2.21. The van der Waals surface area contributed by atoms with Gasteiger partial charge in [0, 0.05) is 12.6 Å². The van der Waals surface area contributed by atoms with Crippen molar-refractivity contribution in [3.05, 3.63) is 0 Å². The number of piperidine rings is 1. The Morgan fingerprint density at radius 2 is 2.43 bits per heavy atom. The van der Waals surface area contributed by atoms with Crippen molar-refractivity contribution in [3.8, 4) is 0 Å². The molecule has 1 unspecified atom stereocenters. The second-order valence-electron chi connectivity index (χ2n) is 3.86. The first-order valence-corrected chi connectivity index (χ1v) is 5.40. The number of nitrogens with one attached hydrogen (secondary N) is 1. The van der Waals surface area contributed by atoms with Crippen LogP contribution >= 0.6 is 0 Å². The van der Waals surface area contributed by atoms with Crippen LogP contribution < -0.4 is 5.32 Å². The minimum Gasteiger partial charge on any atom is -0.480 e. The van der Waals surface area contributed by atoms with Gasteiger partial charge in [0.1, 0.15) is 0 Å². The van der Waals surface area contributed by atoms with Gasteiger partial charge in [-0.25, -0.2) is 0 Å². The third-order valence-electron chi connectivity index (χ3n) is 2.64. The van der Waals surface area contributed by atoms with E-state index in [0.29, 0.717) is 6.04 Å². The van der Waals surface area contributed by atoms with Crippen LogP contribution in [0, 0.1) is 0 Å². The van der Waals surface area contributed by atoms with Gasteiger partial charge >= 0.3 is 5.97 Å². The molecule has 0 bridgehead atoms. The van der Waals surface area contributed by atoms with Crippen LogP contribution in [0.2, 0.25) is 0 Å². The van der Waals surface area contributed by atoms with E-state index in [1.807, 2.05) is 0 Å². The highest BCUT2D eigenvalue weighted by Crippen LogP contribution is 2.10. The first-order chi connectivity index (χ1) is 6.74. The third-order valence-corrected chi connectivity index (χ3v) is 2.64. The first kappa shape index (κ1) is 11.5. The van der Waals surface area contributed by atoms with Crippen LogP contribution in [0.1, 0.15) is 26.2 Å². The molecule has 1 aliphatic rings. The average molecular weight is 200 g/mol. The number of rotatable bonds is 5. The van der Waals surface area contributed by atoms with Gasteiger partial charge < -0.3 is 10.4 Å². The summed E-state index contributed by atoms with van der Waals surface area (Å²) in [6.45, 7) is 5.17. The average Bonchev–Trinajstić information content (AvgIpc) is 2.18. The van der Waals surface area contributed by atoms with Crippen LogP contribution in [-0.4, -0.2) is 48.2 Å². The molecule has 1 fully saturated rings. The third kappa shape index (κ3) is 3.64. The monoisotopic (exact) mass is 200 g/mol. The highest BCUT2D eigenvalue weighted by atomic mass is 16.4. The molecule has 0 aromatic carbocycles. The molecule has 1 saturated heterocycles. The van der Waals surface area contributed by atoms with Crippen molar-refractivity contribution in [2.24, 2.45) is 0 Å². The zero-order valence-corrected chi connectivity index (χ0v) is 8.83. The summed E-state index contributed by atoms with van der Waals surface area (Å²) in [4.78, 5) is 12.7.